The molecule has 0 atom stereocenters. The number of aryl methyl sites for hydroxylation is 1. The normalized spacial score (nSPS) is 17.2. The topological polar surface area (TPSA) is 62.7 Å². The van der Waals surface area contributed by atoms with Gasteiger partial charge in [-0.25, -0.2) is 9.97 Å². The second kappa shape index (κ2) is 5.41. The Bertz CT molecular complexity index is 911. The van der Waals surface area contributed by atoms with Gasteiger partial charge in [0.1, 0.15) is 5.82 Å². The third-order valence-corrected chi connectivity index (χ3v) is 5.37. The number of anilines is 3. The van der Waals surface area contributed by atoms with Gasteiger partial charge in [-0.15, -0.1) is 11.3 Å². The van der Waals surface area contributed by atoms with E-state index >= 15 is 0 Å². The minimum absolute atomic E-state index is 0.557. The SMILES string of the molecule is Cc1nc2cc(Nc3cc(C4CC4)nc(NC4CC4)n3)ccc2s1. The molecule has 5 nitrogen and oxygen atoms in total. The van der Waals surface area contributed by atoms with Gasteiger partial charge >= 0.3 is 0 Å². The second-order valence-corrected chi connectivity index (χ2v) is 7.97. The van der Waals surface area contributed by atoms with E-state index in [1.807, 2.05) is 6.92 Å². The highest BCUT2D eigenvalue weighted by Crippen LogP contribution is 2.40. The van der Waals surface area contributed by atoms with E-state index in [1.165, 1.54) is 30.4 Å². The van der Waals surface area contributed by atoms with Crippen molar-refractivity contribution in [1.29, 1.82) is 0 Å². The summed E-state index contributed by atoms with van der Waals surface area (Å²) in [6.45, 7) is 2.04. The van der Waals surface area contributed by atoms with Gasteiger partial charge in [0.05, 0.1) is 20.9 Å². The molecule has 5 rings (SSSR count). The molecule has 0 amide bonds. The molecule has 1 aromatic carbocycles. The van der Waals surface area contributed by atoms with Gasteiger partial charge in [-0.2, -0.15) is 4.98 Å². The molecule has 2 aliphatic carbocycles. The summed E-state index contributed by atoms with van der Waals surface area (Å²) >= 11 is 1.72. The van der Waals surface area contributed by atoms with Crippen LogP contribution in [0.25, 0.3) is 10.2 Å². The van der Waals surface area contributed by atoms with Crippen molar-refractivity contribution in [3.63, 3.8) is 0 Å². The molecule has 2 saturated carbocycles. The summed E-state index contributed by atoms with van der Waals surface area (Å²) < 4.78 is 1.22. The van der Waals surface area contributed by atoms with Gasteiger partial charge in [0.15, 0.2) is 0 Å². The Labute approximate surface area is 144 Å². The second-order valence-electron chi connectivity index (χ2n) is 6.73. The third-order valence-electron chi connectivity index (χ3n) is 4.42. The van der Waals surface area contributed by atoms with E-state index in [2.05, 4.69) is 44.9 Å². The average molecular weight is 337 g/mol. The number of aromatic nitrogens is 3. The number of nitrogens with one attached hydrogen (secondary N) is 2. The lowest BCUT2D eigenvalue weighted by atomic mass is 10.2. The van der Waals surface area contributed by atoms with E-state index < -0.39 is 0 Å². The summed E-state index contributed by atoms with van der Waals surface area (Å²) in [6.07, 6.45) is 4.92. The van der Waals surface area contributed by atoms with E-state index in [0.717, 1.165) is 33.7 Å². The molecule has 24 heavy (non-hydrogen) atoms. The molecule has 2 aliphatic rings. The molecule has 0 saturated heterocycles. The first kappa shape index (κ1) is 14.2. The Morgan fingerprint density at radius 3 is 2.71 bits per heavy atom. The predicted molar refractivity (Wildman–Crippen MR) is 98.3 cm³/mol. The maximum Gasteiger partial charge on any atom is 0.225 e. The molecule has 2 fully saturated rings. The Balaban J connectivity index is 1.46. The van der Waals surface area contributed by atoms with Crippen molar-refractivity contribution < 1.29 is 0 Å². The van der Waals surface area contributed by atoms with E-state index in [-0.39, 0.29) is 0 Å². The summed E-state index contributed by atoms with van der Waals surface area (Å²) in [7, 11) is 0. The zero-order valence-electron chi connectivity index (χ0n) is 13.5. The molecule has 0 bridgehead atoms. The third kappa shape index (κ3) is 2.94. The van der Waals surface area contributed by atoms with Crippen LogP contribution >= 0.6 is 11.3 Å². The van der Waals surface area contributed by atoms with E-state index in [1.54, 1.807) is 11.3 Å². The van der Waals surface area contributed by atoms with Crippen molar-refractivity contribution in [3.05, 3.63) is 35.0 Å². The van der Waals surface area contributed by atoms with Gasteiger partial charge in [0, 0.05) is 23.7 Å². The van der Waals surface area contributed by atoms with E-state index in [0.29, 0.717) is 12.0 Å². The molecular formula is C18H19N5S. The van der Waals surface area contributed by atoms with Crippen molar-refractivity contribution in [2.75, 3.05) is 10.6 Å². The largest absolute Gasteiger partial charge is 0.351 e. The van der Waals surface area contributed by atoms with Gasteiger partial charge in [-0.1, -0.05) is 0 Å². The minimum atomic E-state index is 0.557. The maximum absolute atomic E-state index is 4.70. The molecule has 0 radical (unpaired) electrons. The highest BCUT2D eigenvalue weighted by atomic mass is 32.1. The van der Waals surface area contributed by atoms with Crippen LogP contribution < -0.4 is 10.6 Å². The van der Waals surface area contributed by atoms with Crippen LogP contribution in [0.1, 0.15) is 42.3 Å². The number of hydrogen-bond donors (Lipinski definition) is 2. The number of benzene rings is 1. The number of fused-ring (bicyclic) bond motifs is 1. The summed E-state index contributed by atoms with van der Waals surface area (Å²) in [4.78, 5) is 13.9. The number of rotatable bonds is 5. The summed E-state index contributed by atoms with van der Waals surface area (Å²) in [6, 6.07) is 8.95. The van der Waals surface area contributed by atoms with Crippen LogP contribution in [0.3, 0.4) is 0 Å². The molecule has 2 heterocycles. The fourth-order valence-electron chi connectivity index (χ4n) is 2.86. The van der Waals surface area contributed by atoms with Crippen LogP contribution in [-0.4, -0.2) is 21.0 Å². The van der Waals surface area contributed by atoms with Crippen LogP contribution in [0, 0.1) is 6.92 Å². The van der Waals surface area contributed by atoms with Crippen molar-refractivity contribution >= 4 is 39.0 Å². The van der Waals surface area contributed by atoms with Gasteiger partial charge in [-0.3, -0.25) is 0 Å². The van der Waals surface area contributed by atoms with Gasteiger partial charge in [-0.05, 0) is 50.8 Å². The zero-order chi connectivity index (χ0) is 16.1. The number of thiazole rings is 1. The highest BCUT2D eigenvalue weighted by Gasteiger charge is 2.27. The number of hydrogen-bond acceptors (Lipinski definition) is 6. The number of nitrogens with zero attached hydrogens (tertiary/aromatic N) is 3. The smallest absolute Gasteiger partial charge is 0.225 e. The highest BCUT2D eigenvalue weighted by molar-refractivity contribution is 7.18. The standard InChI is InChI=1S/C18H19N5S/c1-10-19-15-8-13(6-7-16(15)24-10)20-17-9-14(11-2-3-11)22-18(23-17)21-12-4-5-12/h6-9,11-12H,2-5H2,1H3,(H2,20,21,22,23). The first-order valence-corrected chi connectivity index (χ1v) is 9.34. The van der Waals surface area contributed by atoms with E-state index in [9.17, 15) is 0 Å². The Kier molecular flexibility index (Phi) is 3.19. The molecule has 0 aliphatic heterocycles. The lowest BCUT2D eigenvalue weighted by Crippen LogP contribution is -2.08. The molecule has 2 aromatic heterocycles. The molecule has 122 valence electrons. The quantitative estimate of drug-likeness (QED) is 0.713. The molecule has 0 unspecified atom stereocenters. The molecule has 3 aromatic rings. The Morgan fingerprint density at radius 1 is 1.04 bits per heavy atom. The lowest BCUT2D eigenvalue weighted by Gasteiger charge is -2.10. The van der Waals surface area contributed by atoms with Crippen molar-refractivity contribution in [1.82, 2.24) is 15.0 Å². The summed E-state index contributed by atoms with van der Waals surface area (Å²) in [5.74, 6) is 2.23. The first-order chi connectivity index (χ1) is 11.7. The van der Waals surface area contributed by atoms with Crippen molar-refractivity contribution in [3.8, 4) is 0 Å². The van der Waals surface area contributed by atoms with Crippen LogP contribution in [-0.2, 0) is 0 Å². The van der Waals surface area contributed by atoms with Crippen molar-refractivity contribution in [2.45, 2.75) is 44.6 Å². The first-order valence-electron chi connectivity index (χ1n) is 8.53. The van der Waals surface area contributed by atoms with Crippen molar-refractivity contribution in [2.24, 2.45) is 0 Å². The Hall–Kier alpha value is -2.21. The Morgan fingerprint density at radius 2 is 1.92 bits per heavy atom. The summed E-state index contributed by atoms with van der Waals surface area (Å²) in [5, 5.41) is 7.95. The van der Waals surface area contributed by atoms with Gasteiger partial charge in [0.2, 0.25) is 5.95 Å². The van der Waals surface area contributed by atoms with E-state index in [4.69, 9.17) is 4.98 Å². The predicted octanol–water partition coefficient (Wildman–Crippen LogP) is 4.59. The fourth-order valence-corrected chi connectivity index (χ4v) is 3.67. The minimum Gasteiger partial charge on any atom is -0.351 e. The van der Waals surface area contributed by atoms with Gasteiger partial charge in [0.25, 0.3) is 0 Å². The van der Waals surface area contributed by atoms with Crippen LogP contribution in [0.2, 0.25) is 0 Å². The molecule has 2 N–H and O–H groups in total. The van der Waals surface area contributed by atoms with Crippen LogP contribution in [0.5, 0.6) is 0 Å². The molecule has 6 heteroatoms. The van der Waals surface area contributed by atoms with Gasteiger partial charge < -0.3 is 10.6 Å². The maximum atomic E-state index is 4.70. The lowest BCUT2D eigenvalue weighted by molar-refractivity contribution is 0.968. The average Bonchev–Trinajstić information content (AvgIpc) is 3.45. The monoisotopic (exact) mass is 337 g/mol. The molecular weight excluding hydrogens is 318 g/mol. The zero-order valence-corrected chi connectivity index (χ0v) is 14.4. The van der Waals surface area contributed by atoms with Crippen LogP contribution in [0.4, 0.5) is 17.5 Å². The molecule has 0 spiro atoms. The summed E-state index contributed by atoms with van der Waals surface area (Å²) in [5.41, 5.74) is 3.21. The fraction of sp³-hybridized carbons (Fsp3) is 0.389. The van der Waals surface area contributed by atoms with Crippen LogP contribution in [0.15, 0.2) is 24.3 Å².